The predicted molar refractivity (Wildman–Crippen MR) is 144 cm³/mol. The zero-order valence-corrected chi connectivity index (χ0v) is 22.5. The van der Waals surface area contributed by atoms with Crippen LogP contribution in [0, 0.1) is 5.82 Å². The summed E-state index contributed by atoms with van der Waals surface area (Å²) in [6, 6.07) is 14.8. The first-order chi connectivity index (χ1) is 17.1. The van der Waals surface area contributed by atoms with Gasteiger partial charge in [0.15, 0.2) is 11.5 Å². The molecule has 0 N–H and O–H groups in total. The number of aromatic nitrogens is 2. The van der Waals surface area contributed by atoms with Crippen LogP contribution in [0.1, 0.15) is 37.7 Å². The molecule has 0 spiro atoms. The van der Waals surface area contributed by atoms with Crippen LogP contribution in [0.4, 0.5) is 4.39 Å². The topological polar surface area (TPSA) is 65.7 Å². The Balaban J connectivity index is 1.71. The largest absolute Gasteiger partial charge is 0.493 e. The van der Waals surface area contributed by atoms with Crippen molar-refractivity contribution >= 4 is 44.6 Å². The predicted octanol–water partition coefficient (Wildman–Crippen LogP) is 6.72. The molecule has 0 aliphatic rings. The summed E-state index contributed by atoms with van der Waals surface area (Å²) >= 11 is 9.92. The Morgan fingerprint density at radius 3 is 2.53 bits per heavy atom. The molecule has 186 valence electrons. The molecule has 0 saturated heterocycles. The van der Waals surface area contributed by atoms with Gasteiger partial charge < -0.3 is 9.47 Å². The first kappa shape index (κ1) is 25.9. The molecule has 9 heteroatoms. The summed E-state index contributed by atoms with van der Waals surface area (Å²) in [5.74, 6) is 0.956. The van der Waals surface area contributed by atoms with Crippen LogP contribution >= 0.6 is 27.5 Å². The standard InChI is InChI=1S/C27H24BrClFN3O3/c1-27(2,3)26-32-22-10-7-18(28)13-20(22)25(34)33(26)31-14-17-11-21(29)24(23(12-17)35-4)36-15-16-5-8-19(30)9-6-16/h5-14H,15H2,1-4H3. The summed E-state index contributed by atoms with van der Waals surface area (Å²) in [5.41, 5.74) is 1.27. The van der Waals surface area contributed by atoms with Gasteiger partial charge in [-0.1, -0.05) is 60.4 Å². The number of nitrogens with zero attached hydrogens (tertiary/aromatic N) is 3. The lowest BCUT2D eigenvalue weighted by Gasteiger charge is -2.21. The van der Waals surface area contributed by atoms with Gasteiger partial charge in [-0.25, -0.2) is 9.37 Å². The highest BCUT2D eigenvalue weighted by Gasteiger charge is 2.23. The normalized spacial score (nSPS) is 11.9. The van der Waals surface area contributed by atoms with Gasteiger partial charge in [0.25, 0.3) is 5.56 Å². The van der Waals surface area contributed by atoms with E-state index in [0.717, 1.165) is 10.0 Å². The van der Waals surface area contributed by atoms with Gasteiger partial charge in [-0.3, -0.25) is 4.79 Å². The third kappa shape index (κ3) is 5.60. The monoisotopic (exact) mass is 571 g/mol. The molecular weight excluding hydrogens is 549 g/mol. The van der Waals surface area contributed by atoms with Crippen molar-refractivity contribution < 1.29 is 13.9 Å². The van der Waals surface area contributed by atoms with Gasteiger partial charge in [-0.15, -0.1) is 0 Å². The average Bonchev–Trinajstić information content (AvgIpc) is 2.83. The molecule has 6 nitrogen and oxygen atoms in total. The van der Waals surface area contributed by atoms with Crippen molar-refractivity contribution in [2.75, 3.05) is 7.11 Å². The maximum absolute atomic E-state index is 13.3. The zero-order valence-electron chi connectivity index (χ0n) is 20.2. The van der Waals surface area contributed by atoms with E-state index in [1.54, 1.807) is 36.4 Å². The zero-order chi connectivity index (χ0) is 26.0. The van der Waals surface area contributed by atoms with Crippen molar-refractivity contribution in [1.29, 1.82) is 0 Å². The fourth-order valence-corrected chi connectivity index (χ4v) is 4.19. The molecule has 3 aromatic carbocycles. The average molecular weight is 573 g/mol. The molecule has 1 heterocycles. The van der Waals surface area contributed by atoms with Gasteiger partial charge in [-0.2, -0.15) is 9.78 Å². The van der Waals surface area contributed by atoms with Crippen molar-refractivity contribution in [3.8, 4) is 11.5 Å². The van der Waals surface area contributed by atoms with Crippen molar-refractivity contribution in [2.45, 2.75) is 32.8 Å². The fourth-order valence-electron chi connectivity index (χ4n) is 3.56. The molecule has 0 unspecified atom stereocenters. The maximum Gasteiger partial charge on any atom is 0.282 e. The summed E-state index contributed by atoms with van der Waals surface area (Å²) in [5, 5.41) is 5.24. The molecule has 36 heavy (non-hydrogen) atoms. The molecule has 0 radical (unpaired) electrons. The molecule has 0 saturated carbocycles. The van der Waals surface area contributed by atoms with Gasteiger partial charge in [0.2, 0.25) is 0 Å². The van der Waals surface area contributed by atoms with Crippen molar-refractivity contribution in [2.24, 2.45) is 5.10 Å². The molecule has 4 aromatic rings. The van der Waals surface area contributed by atoms with E-state index in [0.29, 0.717) is 38.8 Å². The molecule has 0 amide bonds. The highest BCUT2D eigenvalue weighted by molar-refractivity contribution is 9.10. The molecule has 1 aromatic heterocycles. The van der Waals surface area contributed by atoms with E-state index in [9.17, 15) is 9.18 Å². The third-order valence-electron chi connectivity index (χ3n) is 5.35. The summed E-state index contributed by atoms with van der Waals surface area (Å²) < 4.78 is 26.6. The maximum atomic E-state index is 13.3. The number of hydrogen-bond acceptors (Lipinski definition) is 5. The number of halogens is 3. The SMILES string of the molecule is COc1cc(C=Nn2c(C(C)(C)C)nc3ccc(Br)cc3c2=O)cc(Cl)c1OCc1ccc(F)cc1. The van der Waals surface area contributed by atoms with Gasteiger partial charge in [-0.05, 0) is 53.6 Å². The molecule has 0 aliphatic heterocycles. The van der Waals surface area contributed by atoms with Crippen LogP contribution in [0.3, 0.4) is 0 Å². The van der Waals surface area contributed by atoms with Crippen LogP contribution in [0.2, 0.25) is 5.02 Å². The van der Waals surface area contributed by atoms with E-state index in [1.807, 2.05) is 26.8 Å². The van der Waals surface area contributed by atoms with E-state index < -0.39 is 5.41 Å². The van der Waals surface area contributed by atoms with Crippen LogP contribution in [-0.4, -0.2) is 23.0 Å². The second kappa shape index (κ2) is 10.4. The minimum absolute atomic E-state index is 0.187. The van der Waals surface area contributed by atoms with Crippen LogP contribution in [0.15, 0.2) is 69.0 Å². The smallest absolute Gasteiger partial charge is 0.282 e. The Morgan fingerprint density at radius 1 is 1.14 bits per heavy atom. The molecule has 0 aliphatic carbocycles. The number of hydrogen-bond donors (Lipinski definition) is 0. The molecule has 0 bridgehead atoms. The summed E-state index contributed by atoms with van der Waals surface area (Å²) in [6.07, 6.45) is 1.53. The summed E-state index contributed by atoms with van der Waals surface area (Å²) in [6.45, 7) is 6.10. The van der Waals surface area contributed by atoms with Gasteiger partial charge >= 0.3 is 0 Å². The van der Waals surface area contributed by atoms with E-state index in [-0.39, 0.29) is 18.0 Å². The Morgan fingerprint density at radius 2 is 1.86 bits per heavy atom. The fraction of sp³-hybridized carbons (Fsp3) is 0.222. The van der Waals surface area contributed by atoms with Crippen molar-refractivity contribution in [3.63, 3.8) is 0 Å². The number of ether oxygens (including phenoxy) is 2. The lowest BCUT2D eigenvalue weighted by molar-refractivity contribution is 0.284. The first-order valence-electron chi connectivity index (χ1n) is 11.1. The minimum Gasteiger partial charge on any atom is -0.493 e. The molecule has 0 atom stereocenters. The van der Waals surface area contributed by atoms with Gasteiger partial charge in [0.1, 0.15) is 18.2 Å². The van der Waals surface area contributed by atoms with Crippen LogP contribution in [0.25, 0.3) is 10.9 Å². The van der Waals surface area contributed by atoms with Crippen LogP contribution < -0.4 is 15.0 Å². The second-order valence-electron chi connectivity index (χ2n) is 9.16. The molecule has 4 rings (SSSR count). The first-order valence-corrected chi connectivity index (χ1v) is 12.3. The molecular formula is C27H24BrClFN3O3. The van der Waals surface area contributed by atoms with Crippen molar-refractivity contribution in [3.05, 3.63) is 97.2 Å². The van der Waals surface area contributed by atoms with E-state index in [4.69, 9.17) is 26.1 Å². The molecule has 0 fully saturated rings. The van der Waals surface area contributed by atoms with Crippen LogP contribution in [0.5, 0.6) is 11.5 Å². The number of benzene rings is 3. The Kier molecular flexibility index (Phi) is 7.47. The summed E-state index contributed by atoms with van der Waals surface area (Å²) in [7, 11) is 1.50. The lowest BCUT2D eigenvalue weighted by atomic mass is 9.95. The van der Waals surface area contributed by atoms with Crippen molar-refractivity contribution in [1.82, 2.24) is 9.66 Å². The number of rotatable bonds is 6. The van der Waals surface area contributed by atoms with Gasteiger partial charge in [0.05, 0.1) is 29.2 Å². The van der Waals surface area contributed by atoms with E-state index >= 15 is 0 Å². The summed E-state index contributed by atoms with van der Waals surface area (Å²) in [4.78, 5) is 18.1. The lowest BCUT2D eigenvalue weighted by Crippen LogP contribution is -2.29. The van der Waals surface area contributed by atoms with Gasteiger partial charge in [0, 0.05) is 9.89 Å². The third-order valence-corrected chi connectivity index (χ3v) is 6.12. The van der Waals surface area contributed by atoms with Crippen LogP contribution in [-0.2, 0) is 12.0 Å². The quantitative estimate of drug-likeness (QED) is 0.241. The minimum atomic E-state index is -0.439. The number of fused-ring (bicyclic) bond motifs is 1. The second-order valence-corrected chi connectivity index (χ2v) is 10.5. The number of methoxy groups -OCH3 is 1. The Labute approximate surface area is 221 Å². The highest BCUT2D eigenvalue weighted by Crippen LogP contribution is 2.36. The Hall–Kier alpha value is -3.23. The van der Waals surface area contributed by atoms with E-state index in [2.05, 4.69) is 21.0 Å². The Bertz CT molecular complexity index is 1510. The highest BCUT2D eigenvalue weighted by atomic mass is 79.9. The van der Waals surface area contributed by atoms with E-state index in [1.165, 1.54) is 30.1 Å².